The lowest BCUT2D eigenvalue weighted by Gasteiger charge is -2.15. The zero-order valence-corrected chi connectivity index (χ0v) is 11.7. The Morgan fingerprint density at radius 1 is 1.37 bits per heavy atom. The van der Waals surface area contributed by atoms with Crippen LogP contribution in [0.5, 0.6) is 11.5 Å². The number of rotatable bonds is 8. The molecule has 1 aromatic rings. The molecule has 0 bridgehead atoms. The number of primary amides is 1. The minimum atomic E-state index is -0.346. The van der Waals surface area contributed by atoms with Gasteiger partial charge in [0, 0.05) is 0 Å². The van der Waals surface area contributed by atoms with Gasteiger partial charge in [-0.3, -0.25) is 4.79 Å². The van der Waals surface area contributed by atoms with Crippen LogP contribution in [0.1, 0.15) is 50.5 Å². The molecule has 0 radical (unpaired) electrons. The van der Waals surface area contributed by atoms with E-state index in [2.05, 4.69) is 6.92 Å². The summed E-state index contributed by atoms with van der Waals surface area (Å²) in [6.45, 7) is 2.15. The minimum Gasteiger partial charge on any atom is -0.504 e. The van der Waals surface area contributed by atoms with E-state index in [9.17, 15) is 9.90 Å². The quantitative estimate of drug-likeness (QED) is 0.710. The molecule has 1 aromatic carbocycles. The van der Waals surface area contributed by atoms with Crippen molar-refractivity contribution in [1.29, 1.82) is 0 Å². The fourth-order valence-corrected chi connectivity index (χ4v) is 2.17. The molecular formula is C15H23NO3. The van der Waals surface area contributed by atoms with Gasteiger partial charge in [0.25, 0.3) is 0 Å². The minimum absolute atomic E-state index is 0.0415. The van der Waals surface area contributed by atoms with E-state index in [1.165, 1.54) is 13.5 Å². The predicted molar refractivity (Wildman–Crippen MR) is 75.4 cm³/mol. The largest absolute Gasteiger partial charge is 0.504 e. The van der Waals surface area contributed by atoms with Crippen molar-refractivity contribution in [2.24, 2.45) is 5.73 Å². The lowest BCUT2D eigenvalue weighted by atomic mass is 9.92. The first kappa shape index (κ1) is 15.3. The lowest BCUT2D eigenvalue weighted by molar-refractivity contribution is -0.119. The zero-order chi connectivity index (χ0) is 14.3. The Morgan fingerprint density at radius 3 is 2.63 bits per heavy atom. The van der Waals surface area contributed by atoms with E-state index in [4.69, 9.17) is 10.5 Å². The van der Waals surface area contributed by atoms with Gasteiger partial charge in [-0.2, -0.15) is 0 Å². The maximum atomic E-state index is 11.5. The number of phenolic OH excluding ortho intramolecular Hbond substituents is 1. The Balaban J connectivity index is 2.75. The summed E-state index contributed by atoms with van der Waals surface area (Å²) in [5.41, 5.74) is 6.20. The molecule has 1 unspecified atom stereocenters. The number of nitrogens with two attached hydrogens (primary N) is 1. The first-order valence-electron chi connectivity index (χ1n) is 6.76. The van der Waals surface area contributed by atoms with Crippen molar-refractivity contribution in [2.45, 2.75) is 44.9 Å². The number of unbranched alkanes of at least 4 members (excludes halogenated alkanes) is 3. The molecule has 106 valence electrons. The molecule has 0 fully saturated rings. The van der Waals surface area contributed by atoms with Gasteiger partial charge in [0.05, 0.1) is 13.0 Å². The number of carbonyl (C=O) groups is 1. The van der Waals surface area contributed by atoms with E-state index in [-0.39, 0.29) is 17.6 Å². The zero-order valence-electron chi connectivity index (χ0n) is 11.7. The van der Waals surface area contributed by atoms with Crippen molar-refractivity contribution < 1.29 is 14.6 Å². The second-order valence-electron chi connectivity index (χ2n) is 4.74. The standard InChI is InChI=1S/C15H23NO3/c1-3-4-5-6-7-12(15(16)18)11-8-9-14(19-2)13(17)10-11/h8-10,12,17H,3-7H2,1-2H3,(H2,16,18). The van der Waals surface area contributed by atoms with E-state index < -0.39 is 0 Å². The molecule has 1 atom stereocenters. The molecule has 0 aliphatic carbocycles. The third kappa shape index (κ3) is 4.47. The van der Waals surface area contributed by atoms with Gasteiger partial charge in [0.2, 0.25) is 5.91 Å². The van der Waals surface area contributed by atoms with E-state index in [1.54, 1.807) is 18.2 Å². The summed E-state index contributed by atoms with van der Waals surface area (Å²) in [6.07, 6.45) is 5.11. The maximum absolute atomic E-state index is 11.5. The van der Waals surface area contributed by atoms with Crippen LogP contribution in [0.15, 0.2) is 18.2 Å². The molecule has 0 saturated heterocycles. The number of hydrogen-bond donors (Lipinski definition) is 2. The Hall–Kier alpha value is -1.71. The number of benzene rings is 1. The summed E-state index contributed by atoms with van der Waals surface area (Å²) in [7, 11) is 1.49. The van der Waals surface area contributed by atoms with Crippen molar-refractivity contribution in [2.75, 3.05) is 7.11 Å². The van der Waals surface area contributed by atoms with Crippen molar-refractivity contribution in [3.63, 3.8) is 0 Å². The van der Waals surface area contributed by atoms with Crippen LogP contribution in [-0.4, -0.2) is 18.1 Å². The Labute approximate surface area is 114 Å². The number of amides is 1. The average Bonchev–Trinajstić information content (AvgIpc) is 2.38. The molecule has 4 heteroatoms. The number of phenols is 1. The third-order valence-electron chi connectivity index (χ3n) is 3.30. The van der Waals surface area contributed by atoms with Crippen LogP contribution in [0.4, 0.5) is 0 Å². The van der Waals surface area contributed by atoms with Gasteiger partial charge in [0.1, 0.15) is 0 Å². The highest BCUT2D eigenvalue weighted by atomic mass is 16.5. The smallest absolute Gasteiger partial charge is 0.224 e. The maximum Gasteiger partial charge on any atom is 0.224 e. The van der Waals surface area contributed by atoms with Crippen LogP contribution in [-0.2, 0) is 4.79 Å². The van der Waals surface area contributed by atoms with E-state index >= 15 is 0 Å². The number of carbonyl (C=O) groups excluding carboxylic acids is 1. The topological polar surface area (TPSA) is 72.6 Å². The van der Waals surface area contributed by atoms with Crippen LogP contribution in [0.25, 0.3) is 0 Å². The SMILES string of the molecule is CCCCCCC(C(N)=O)c1ccc(OC)c(O)c1. The van der Waals surface area contributed by atoms with E-state index in [0.29, 0.717) is 5.75 Å². The van der Waals surface area contributed by atoms with Crippen molar-refractivity contribution in [1.82, 2.24) is 0 Å². The Morgan fingerprint density at radius 2 is 2.11 bits per heavy atom. The average molecular weight is 265 g/mol. The van der Waals surface area contributed by atoms with Gasteiger partial charge in [-0.25, -0.2) is 0 Å². The highest BCUT2D eigenvalue weighted by Gasteiger charge is 2.18. The first-order valence-corrected chi connectivity index (χ1v) is 6.76. The molecule has 1 rings (SSSR count). The molecule has 19 heavy (non-hydrogen) atoms. The summed E-state index contributed by atoms with van der Waals surface area (Å²) in [5, 5.41) is 9.75. The van der Waals surface area contributed by atoms with E-state index in [1.807, 2.05) is 0 Å². The molecular weight excluding hydrogens is 242 g/mol. The number of methoxy groups -OCH3 is 1. The number of hydrogen-bond acceptors (Lipinski definition) is 3. The van der Waals surface area contributed by atoms with Gasteiger partial charge in [0.15, 0.2) is 11.5 Å². The van der Waals surface area contributed by atoms with Crippen LogP contribution in [0, 0.1) is 0 Å². The third-order valence-corrected chi connectivity index (χ3v) is 3.30. The molecule has 3 N–H and O–H groups in total. The Kier molecular flexibility index (Phi) is 6.19. The van der Waals surface area contributed by atoms with Gasteiger partial charge in [-0.1, -0.05) is 38.7 Å². The molecule has 0 heterocycles. The highest BCUT2D eigenvalue weighted by Crippen LogP contribution is 2.31. The van der Waals surface area contributed by atoms with Crippen LogP contribution in [0.3, 0.4) is 0 Å². The fraction of sp³-hybridized carbons (Fsp3) is 0.533. The predicted octanol–water partition coefficient (Wildman–Crippen LogP) is 2.94. The summed E-state index contributed by atoms with van der Waals surface area (Å²) in [5.74, 6) is -0.243. The molecule has 0 aromatic heterocycles. The lowest BCUT2D eigenvalue weighted by Crippen LogP contribution is -2.21. The summed E-state index contributed by atoms with van der Waals surface area (Å²) in [6, 6.07) is 5.01. The Bertz CT molecular complexity index is 418. The van der Waals surface area contributed by atoms with Crippen LogP contribution < -0.4 is 10.5 Å². The molecule has 0 aliphatic rings. The van der Waals surface area contributed by atoms with Crippen molar-refractivity contribution in [3.8, 4) is 11.5 Å². The second kappa shape index (κ2) is 7.67. The second-order valence-corrected chi connectivity index (χ2v) is 4.74. The molecule has 0 spiro atoms. The molecule has 1 amide bonds. The molecule has 0 aliphatic heterocycles. The first-order chi connectivity index (χ1) is 9.10. The van der Waals surface area contributed by atoms with Gasteiger partial charge < -0.3 is 15.6 Å². The van der Waals surface area contributed by atoms with Gasteiger partial charge in [-0.05, 0) is 24.1 Å². The highest BCUT2D eigenvalue weighted by molar-refractivity contribution is 5.82. The molecule has 4 nitrogen and oxygen atoms in total. The van der Waals surface area contributed by atoms with Crippen LogP contribution >= 0.6 is 0 Å². The van der Waals surface area contributed by atoms with Gasteiger partial charge in [-0.15, -0.1) is 0 Å². The van der Waals surface area contributed by atoms with Crippen molar-refractivity contribution >= 4 is 5.91 Å². The van der Waals surface area contributed by atoms with E-state index in [0.717, 1.165) is 31.2 Å². The van der Waals surface area contributed by atoms with Crippen molar-refractivity contribution in [3.05, 3.63) is 23.8 Å². The molecule has 0 saturated carbocycles. The number of ether oxygens (including phenoxy) is 1. The number of aromatic hydroxyl groups is 1. The monoisotopic (exact) mass is 265 g/mol. The van der Waals surface area contributed by atoms with Gasteiger partial charge >= 0.3 is 0 Å². The summed E-state index contributed by atoms with van der Waals surface area (Å²) >= 11 is 0. The summed E-state index contributed by atoms with van der Waals surface area (Å²) < 4.78 is 4.99. The fourth-order valence-electron chi connectivity index (χ4n) is 2.17. The van der Waals surface area contributed by atoms with Crippen LogP contribution in [0.2, 0.25) is 0 Å². The summed E-state index contributed by atoms with van der Waals surface area (Å²) in [4.78, 5) is 11.5. The normalized spacial score (nSPS) is 12.1.